The van der Waals surface area contributed by atoms with Gasteiger partial charge in [-0.1, -0.05) is 17.7 Å². The van der Waals surface area contributed by atoms with Gasteiger partial charge in [0.2, 0.25) is 5.91 Å². The Hall–Kier alpha value is -2.86. The van der Waals surface area contributed by atoms with Crippen LogP contribution in [0.5, 0.6) is 0 Å². The zero-order valence-corrected chi connectivity index (χ0v) is 13.6. The first-order valence-corrected chi connectivity index (χ1v) is 7.60. The maximum Gasteiger partial charge on any atom is 0.251 e. The summed E-state index contributed by atoms with van der Waals surface area (Å²) in [6, 6.07) is 11.7. The molecule has 0 spiro atoms. The molecule has 122 valence electrons. The maximum absolute atomic E-state index is 12.0. The number of fused-ring (bicyclic) bond motifs is 1. The number of benzene rings is 2. The molecule has 3 aromatic rings. The molecule has 7 heteroatoms. The first-order valence-electron chi connectivity index (χ1n) is 7.22. The Bertz CT molecular complexity index is 920. The fourth-order valence-electron chi connectivity index (χ4n) is 2.22. The van der Waals surface area contributed by atoms with E-state index in [1.165, 1.54) is 6.07 Å². The smallest absolute Gasteiger partial charge is 0.251 e. The van der Waals surface area contributed by atoms with Crippen LogP contribution >= 0.6 is 11.6 Å². The summed E-state index contributed by atoms with van der Waals surface area (Å²) < 4.78 is 5.37. The number of carbonyl (C=O) groups excluding carboxylic acids is 2. The normalized spacial score (nSPS) is 10.6. The Morgan fingerprint density at radius 3 is 2.83 bits per heavy atom. The van der Waals surface area contributed by atoms with Gasteiger partial charge in [-0.3, -0.25) is 9.59 Å². The number of hydrogen-bond acceptors (Lipinski definition) is 4. The molecule has 0 aliphatic rings. The van der Waals surface area contributed by atoms with Crippen molar-refractivity contribution in [3.8, 4) is 0 Å². The lowest BCUT2D eigenvalue weighted by Gasteiger charge is -2.07. The molecule has 0 aliphatic carbocycles. The van der Waals surface area contributed by atoms with E-state index in [0.717, 1.165) is 0 Å². The van der Waals surface area contributed by atoms with Crippen LogP contribution < -0.4 is 10.6 Å². The van der Waals surface area contributed by atoms with Crippen LogP contribution in [-0.4, -0.2) is 23.3 Å². The predicted molar refractivity (Wildman–Crippen MR) is 91.2 cm³/mol. The van der Waals surface area contributed by atoms with Crippen LogP contribution in [0.3, 0.4) is 0 Å². The maximum atomic E-state index is 12.0. The van der Waals surface area contributed by atoms with Crippen molar-refractivity contribution in [2.45, 2.75) is 6.92 Å². The van der Waals surface area contributed by atoms with Gasteiger partial charge in [0, 0.05) is 23.2 Å². The number of carbonyl (C=O) groups is 2. The van der Waals surface area contributed by atoms with Crippen LogP contribution in [0.2, 0.25) is 5.02 Å². The Morgan fingerprint density at radius 1 is 1.21 bits per heavy atom. The van der Waals surface area contributed by atoms with Gasteiger partial charge in [0.15, 0.2) is 11.5 Å². The lowest BCUT2D eigenvalue weighted by Crippen LogP contribution is -2.32. The van der Waals surface area contributed by atoms with E-state index >= 15 is 0 Å². The minimum Gasteiger partial charge on any atom is -0.441 e. The van der Waals surface area contributed by atoms with E-state index in [2.05, 4.69) is 15.6 Å². The molecule has 0 saturated heterocycles. The van der Waals surface area contributed by atoms with Crippen LogP contribution in [0.15, 0.2) is 46.9 Å². The molecule has 2 aromatic carbocycles. The van der Waals surface area contributed by atoms with Gasteiger partial charge in [0.25, 0.3) is 5.91 Å². The Balaban J connectivity index is 1.59. The molecule has 0 aliphatic heterocycles. The monoisotopic (exact) mass is 343 g/mol. The van der Waals surface area contributed by atoms with Gasteiger partial charge >= 0.3 is 0 Å². The van der Waals surface area contributed by atoms with Gasteiger partial charge in [-0.05, 0) is 36.4 Å². The van der Waals surface area contributed by atoms with Crippen molar-refractivity contribution >= 4 is 40.2 Å². The molecule has 3 rings (SSSR count). The van der Waals surface area contributed by atoms with Crippen LogP contribution in [-0.2, 0) is 4.79 Å². The standard InChI is InChI=1S/C17H14ClN3O3/c1-10-20-14-8-13(5-6-15(14)24-10)21-16(22)9-19-17(23)11-3-2-4-12(18)7-11/h2-8H,9H2,1H3,(H,19,23)(H,21,22). The molecular formula is C17H14ClN3O3. The summed E-state index contributed by atoms with van der Waals surface area (Å²) in [6.45, 7) is 1.60. The van der Waals surface area contributed by atoms with Crippen molar-refractivity contribution in [1.29, 1.82) is 0 Å². The number of oxazole rings is 1. The van der Waals surface area contributed by atoms with Gasteiger partial charge in [-0.2, -0.15) is 0 Å². The van der Waals surface area contributed by atoms with E-state index in [0.29, 0.717) is 33.3 Å². The van der Waals surface area contributed by atoms with Gasteiger partial charge < -0.3 is 15.1 Å². The van der Waals surface area contributed by atoms with Crippen molar-refractivity contribution in [2.24, 2.45) is 0 Å². The van der Waals surface area contributed by atoms with Crippen molar-refractivity contribution in [3.05, 3.63) is 58.9 Å². The highest BCUT2D eigenvalue weighted by Gasteiger charge is 2.10. The van der Waals surface area contributed by atoms with Gasteiger partial charge in [0.1, 0.15) is 5.52 Å². The first-order chi connectivity index (χ1) is 11.5. The van der Waals surface area contributed by atoms with Crippen molar-refractivity contribution < 1.29 is 14.0 Å². The second-order valence-corrected chi connectivity index (χ2v) is 5.59. The van der Waals surface area contributed by atoms with E-state index in [4.69, 9.17) is 16.0 Å². The molecule has 0 unspecified atom stereocenters. The molecule has 0 bridgehead atoms. The predicted octanol–water partition coefficient (Wildman–Crippen LogP) is 3.16. The molecule has 1 aromatic heterocycles. The first kappa shape index (κ1) is 16.0. The highest BCUT2D eigenvalue weighted by atomic mass is 35.5. The summed E-state index contributed by atoms with van der Waals surface area (Å²) in [7, 11) is 0. The summed E-state index contributed by atoms with van der Waals surface area (Å²) in [5.41, 5.74) is 2.29. The number of halogens is 1. The highest BCUT2D eigenvalue weighted by Crippen LogP contribution is 2.19. The third kappa shape index (κ3) is 3.72. The number of amides is 2. The van der Waals surface area contributed by atoms with Crippen LogP contribution in [0.1, 0.15) is 16.2 Å². The second-order valence-electron chi connectivity index (χ2n) is 5.16. The fraction of sp³-hybridized carbons (Fsp3) is 0.118. The quantitative estimate of drug-likeness (QED) is 0.762. The number of aryl methyl sites for hydroxylation is 1. The molecule has 0 atom stereocenters. The SMILES string of the molecule is Cc1nc2cc(NC(=O)CNC(=O)c3cccc(Cl)c3)ccc2o1. The lowest BCUT2D eigenvalue weighted by molar-refractivity contribution is -0.115. The van der Waals surface area contributed by atoms with E-state index in [1.807, 2.05) is 0 Å². The van der Waals surface area contributed by atoms with Crippen molar-refractivity contribution in [1.82, 2.24) is 10.3 Å². The van der Waals surface area contributed by atoms with E-state index < -0.39 is 0 Å². The van der Waals surface area contributed by atoms with Crippen molar-refractivity contribution in [3.63, 3.8) is 0 Å². The minimum absolute atomic E-state index is 0.152. The van der Waals surface area contributed by atoms with E-state index in [-0.39, 0.29) is 18.4 Å². The zero-order chi connectivity index (χ0) is 17.1. The number of rotatable bonds is 4. The molecule has 24 heavy (non-hydrogen) atoms. The largest absolute Gasteiger partial charge is 0.441 e. The Morgan fingerprint density at radius 2 is 2.04 bits per heavy atom. The Labute approximate surface area is 142 Å². The molecule has 0 radical (unpaired) electrons. The van der Waals surface area contributed by atoms with Gasteiger partial charge in [-0.25, -0.2) is 4.98 Å². The molecule has 0 saturated carbocycles. The number of anilines is 1. The minimum atomic E-state index is -0.366. The van der Waals surface area contributed by atoms with E-state index in [9.17, 15) is 9.59 Å². The molecule has 0 fully saturated rings. The topological polar surface area (TPSA) is 84.2 Å². The lowest BCUT2D eigenvalue weighted by atomic mass is 10.2. The number of nitrogens with zero attached hydrogens (tertiary/aromatic N) is 1. The van der Waals surface area contributed by atoms with Crippen LogP contribution in [0.25, 0.3) is 11.1 Å². The second kappa shape index (κ2) is 6.72. The molecule has 6 nitrogen and oxygen atoms in total. The van der Waals surface area contributed by atoms with Crippen LogP contribution in [0.4, 0.5) is 5.69 Å². The molecule has 2 N–H and O–H groups in total. The number of nitrogens with one attached hydrogen (secondary N) is 2. The summed E-state index contributed by atoms with van der Waals surface area (Å²) in [6.07, 6.45) is 0. The van der Waals surface area contributed by atoms with Crippen LogP contribution in [0, 0.1) is 6.92 Å². The molecule has 1 heterocycles. The van der Waals surface area contributed by atoms with E-state index in [1.54, 1.807) is 43.3 Å². The summed E-state index contributed by atoms with van der Waals surface area (Å²) in [4.78, 5) is 28.1. The fourth-order valence-corrected chi connectivity index (χ4v) is 2.41. The summed E-state index contributed by atoms with van der Waals surface area (Å²) >= 11 is 5.84. The third-order valence-corrected chi connectivity index (χ3v) is 3.51. The van der Waals surface area contributed by atoms with Gasteiger partial charge in [0.05, 0.1) is 6.54 Å². The zero-order valence-electron chi connectivity index (χ0n) is 12.8. The molecular weight excluding hydrogens is 330 g/mol. The number of aromatic nitrogens is 1. The average molecular weight is 344 g/mol. The van der Waals surface area contributed by atoms with Crippen molar-refractivity contribution in [2.75, 3.05) is 11.9 Å². The Kier molecular flexibility index (Phi) is 4.48. The summed E-state index contributed by atoms with van der Waals surface area (Å²) in [5, 5.41) is 5.71. The third-order valence-electron chi connectivity index (χ3n) is 3.27. The average Bonchev–Trinajstić information content (AvgIpc) is 2.92. The summed E-state index contributed by atoms with van der Waals surface area (Å²) in [5.74, 6) is -0.151. The highest BCUT2D eigenvalue weighted by molar-refractivity contribution is 6.31. The van der Waals surface area contributed by atoms with Gasteiger partial charge in [-0.15, -0.1) is 0 Å². The number of hydrogen-bond donors (Lipinski definition) is 2. The molecule has 2 amide bonds.